The average Bonchev–Trinajstić information content (AvgIpc) is 2.87. The Morgan fingerprint density at radius 2 is 1.87 bits per heavy atom. The topological polar surface area (TPSA) is 113 Å². The van der Waals surface area contributed by atoms with Crippen molar-refractivity contribution in [2.75, 3.05) is 6.61 Å². The van der Waals surface area contributed by atoms with Crippen LogP contribution in [0.5, 0.6) is 5.88 Å². The van der Waals surface area contributed by atoms with Gasteiger partial charge in [0.25, 0.3) is 0 Å². The van der Waals surface area contributed by atoms with Gasteiger partial charge in [0.15, 0.2) is 11.6 Å². The highest BCUT2D eigenvalue weighted by molar-refractivity contribution is 6.05. The van der Waals surface area contributed by atoms with E-state index in [9.17, 15) is 19.8 Å². The van der Waals surface area contributed by atoms with Crippen LogP contribution in [0.3, 0.4) is 0 Å². The molecule has 0 aliphatic carbocycles. The number of fused-ring (bicyclic) bond motifs is 1. The third kappa shape index (κ3) is 2.77. The number of nitrogens with zero attached hydrogens (tertiary/aromatic N) is 1. The summed E-state index contributed by atoms with van der Waals surface area (Å²) in [5, 5.41) is 18.7. The number of carboxylic acids is 2. The second-order valence-corrected chi connectivity index (χ2v) is 4.89. The number of pyridine rings is 1. The number of ether oxygens (including phenoxy) is 1. The highest BCUT2D eigenvalue weighted by Crippen LogP contribution is 2.32. The molecule has 3 N–H and O–H groups in total. The minimum atomic E-state index is -1.36. The van der Waals surface area contributed by atoms with Gasteiger partial charge in [0.1, 0.15) is 6.61 Å². The fourth-order valence-electron chi connectivity index (χ4n) is 2.62. The minimum Gasteiger partial charge on any atom is -0.478 e. The Kier molecular flexibility index (Phi) is 4.68. The zero-order valence-corrected chi connectivity index (χ0v) is 13.0. The molecule has 0 saturated carbocycles. The molecule has 0 radical (unpaired) electrons. The zero-order valence-electron chi connectivity index (χ0n) is 13.0. The summed E-state index contributed by atoms with van der Waals surface area (Å²) in [5.41, 5.74) is 1.33. The van der Waals surface area contributed by atoms with E-state index in [4.69, 9.17) is 4.74 Å². The maximum atomic E-state index is 11.5. The van der Waals surface area contributed by atoms with Crippen LogP contribution in [0, 0.1) is 0 Å². The molecule has 0 aliphatic heterocycles. The van der Waals surface area contributed by atoms with Crippen LogP contribution in [0.15, 0.2) is 12.7 Å². The van der Waals surface area contributed by atoms with Gasteiger partial charge in [-0.2, -0.15) is 0 Å². The Morgan fingerprint density at radius 1 is 1.22 bits per heavy atom. The molecule has 0 fully saturated rings. The predicted molar refractivity (Wildman–Crippen MR) is 84.5 cm³/mol. The predicted octanol–water partition coefficient (Wildman–Crippen LogP) is 2.65. The smallest absolute Gasteiger partial charge is 0.355 e. The third-order valence-electron chi connectivity index (χ3n) is 3.57. The summed E-state index contributed by atoms with van der Waals surface area (Å²) in [5.74, 6) is -2.21. The summed E-state index contributed by atoms with van der Waals surface area (Å²) < 4.78 is 5.55. The van der Waals surface area contributed by atoms with Gasteiger partial charge >= 0.3 is 11.9 Å². The Bertz CT molecular complexity index is 792. The molecule has 7 heteroatoms. The van der Waals surface area contributed by atoms with Crippen LogP contribution < -0.4 is 4.74 Å². The van der Waals surface area contributed by atoms with Crippen LogP contribution in [0.4, 0.5) is 0 Å². The van der Waals surface area contributed by atoms with Gasteiger partial charge in [-0.25, -0.2) is 14.6 Å². The second kappa shape index (κ2) is 6.51. The molecule has 2 heterocycles. The Hall–Kier alpha value is -2.83. The molecule has 23 heavy (non-hydrogen) atoms. The number of H-pyrrole nitrogens is 1. The number of nitrogens with one attached hydrogen (secondary N) is 1. The first kappa shape index (κ1) is 16.5. The normalized spacial score (nSPS) is 10.7. The van der Waals surface area contributed by atoms with Gasteiger partial charge in [-0.3, -0.25) is 0 Å². The van der Waals surface area contributed by atoms with E-state index in [2.05, 4.69) is 16.5 Å². The van der Waals surface area contributed by atoms with Gasteiger partial charge in [-0.1, -0.05) is 26.5 Å². The van der Waals surface area contributed by atoms with Gasteiger partial charge < -0.3 is 19.9 Å². The number of aromatic amines is 1. The Morgan fingerprint density at radius 3 is 2.35 bits per heavy atom. The van der Waals surface area contributed by atoms with E-state index in [1.54, 1.807) is 13.0 Å². The van der Waals surface area contributed by atoms with Crippen molar-refractivity contribution in [3.05, 3.63) is 35.0 Å². The molecule has 0 amide bonds. The van der Waals surface area contributed by atoms with Crippen LogP contribution in [-0.4, -0.2) is 38.7 Å². The van der Waals surface area contributed by atoms with Crippen LogP contribution in [0.25, 0.3) is 11.0 Å². The Balaban J connectivity index is 2.88. The number of carboxylic acid groups (broad SMARTS) is 2. The van der Waals surface area contributed by atoms with Crippen molar-refractivity contribution >= 4 is 23.0 Å². The van der Waals surface area contributed by atoms with E-state index in [-0.39, 0.29) is 12.2 Å². The average molecular weight is 318 g/mol. The number of aromatic carboxylic acids is 2. The molecule has 2 rings (SSSR count). The number of aryl methyl sites for hydroxylation is 2. The van der Waals surface area contributed by atoms with Crippen molar-refractivity contribution in [3.63, 3.8) is 0 Å². The first-order valence-electron chi connectivity index (χ1n) is 7.23. The van der Waals surface area contributed by atoms with Crippen LogP contribution in [0.1, 0.15) is 45.8 Å². The lowest BCUT2D eigenvalue weighted by Crippen LogP contribution is -2.14. The molecule has 7 nitrogen and oxygen atoms in total. The van der Waals surface area contributed by atoms with E-state index >= 15 is 0 Å². The molecule has 2 aromatic rings. The lowest BCUT2D eigenvalue weighted by Gasteiger charge is -2.08. The molecular formula is C16H18N2O5. The standard InChI is InChI=1S/C16H18N2O5/c1-4-7-23-14-9(6-3)12-11(18-14)8(5-2)10(15(19)20)13(17-12)16(21)22/h4,18H,1,5-7H2,2-3H3,(H,19,20)(H,21,22). The number of hydrogen-bond donors (Lipinski definition) is 3. The minimum absolute atomic E-state index is 0.277. The molecular weight excluding hydrogens is 300 g/mol. The monoisotopic (exact) mass is 318 g/mol. The summed E-state index contributed by atoms with van der Waals surface area (Å²) in [6, 6.07) is 0. The lowest BCUT2D eigenvalue weighted by molar-refractivity contribution is 0.0646. The number of rotatable bonds is 7. The molecule has 0 bridgehead atoms. The maximum absolute atomic E-state index is 11.5. The van der Waals surface area contributed by atoms with Crippen LogP contribution in [-0.2, 0) is 12.8 Å². The van der Waals surface area contributed by atoms with E-state index in [0.29, 0.717) is 35.3 Å². The molecule has 0 atom stereocenters. The van der Waals surface area contributed by atoms with Gasteiger partial charge in [0, 0.05) is 5.56 Å². The third-order valence-corrected chi connectivity index (χ3v) is 3.57. The summed E-state index contributed by atoms with van der Waals surface area (Å²) in [6.07, 6.45) is 2.50. The molecule has 122 valence electrons. The van der Waals surface area contributed by atoms with Crippen molar-refractivity contribution < 1.29 is 24.5 Å². The first-order chi connectivity index (χ1) is 11.0. The van der Waals surface area contributed by atoms with E-state index in [1.807, 2.05) is 6.92 Å². The SMILES string of the molecule is C=CCOc1[nH]c2c(CC)c(C(=O)O)c(C(=O)O)nc2c1CC. The van der Waals surface area contributed by atoms with Crippen molar-refractivity contribution in [2.24, 2.45) is 0 Å². The lowest BCUT2D eigenvalue weighted by atomic mass is 10.0. The van der Waals surface area contributed by atoms with Crippen LogP contribution >= 0.6 is 0 Å². The molecule has 0 unspecified atom stereocenters. The van der Waals surface area contributed by atoms with Crippen molar-refractivity contribution in [2.45, 2.75) is 26.7 Å². The van der Waals surface area contributed by atoms with Crippen LogP contribution in [0.2, 0.25) is 0 Å². The second-order valence-electron chi connectivity index (χ2n) is 4.89. The van der Waals surface area contributed by atoms with E-state index in [0.717, 1.165) is 5.56 Å². The summed E-state index contributed by atoms with van der Waals surface area (Å²) >= 11 is 0. The van der Waals surface area contributed by atoms with Gasteiger partial charge in [-0.05, 0) is 18.4 Å². The molecule has 0 saturated heterocycles. The fourth-order valence-corrected chi connectivity index (χ4v) is 2.62. The molecule has 0 aromatic carbocycles. The highest BCUT2D eigenvalue weighted by Gasteiger charge is 2.27. The summed E-state index contributed by atoms with van der Waals surface area (Å²) in [7, 11) is 0. The summed E-state index contributed by atoms with van der Waals surface area (Å²) in [4.78, 5) is 30.1. The Labute approximate surface area is 132 Å². The first-order valence-corrected chi connectivity index (χ1v) is 7.23. The maximum Gasteiger partial charge on any atom is 0.355 e. The largest absolute Gasteiger partial charge is 0.478 e. The summed E-state index contributed by atoms with van der Waals surface area (Å²) in [6.45, 7) is 7.52. The van der Waals surface area contributed by atoms with E-state index < -0.39 is 17.6 Å². The van der Waals surface area contributed by atoms with E-state index in [1.165, 1.54) is 0 Å². The number of aromatic nitrogens is 2. The van der Waals surface area contributed by atoms with Crippen molar-refractivity contribution in [1.82, 2.24) is 9.97 Å². The van der Waals surface area contributed by atoms with Gasteiger partial charge in [-0.15, -0.1) is 0 Å². The molecule has 0 aliphatic rings. The van der Waals surface area contributed by atoms with Gasteiger partial charge in [0.2, 0.25) is 0 Å². The molecule has 2 aromatic heterocycles. The van der Waals surface area contributed by atoms with Crippen molar-refractivity contribution in [1.29, 1.82) is 0 Å². The van der Waals surface area contributed by atoms with Gasteiger partial charge in [0.05, 0.1) is 16.6 Å². The number of carbonyl (C=O) groups is 2. The van der Waals surface area contributed by atoms with Crippen molar-refractivity contribution in [3.8, 4) is 5.88 Å². The number of hydrogen-bond acceptors (Lipinski definition) is 4. The quantitative estimate of drug-likeness (QED) is 0.676. The molecule has 0 spiro atoms. The zero-order chi connectivity index (χ0) is 17.1. The fraction of sp³-hybridized carbons (Fsp3) is 0.312. The highest BCUT2D eigenvalue weighted by atomic mass is 16.5.